The second-order valence-electron chi connectivity index (χ2n) is 7.06. The van der Waals surface area contributed by atoms with Crippen LogP contribution in [0.15, 0.2) is 36.4 Å². The molecule has 0 radical (unpaired) electrons. The number of aryl methyl sites for hydroxylation is 3. The van der Waals surface area contributed by atoms with Crippen molar-refractivity contribution in [2.75, 3.05) is 43.0 Å². The molecule has 5 heteroatoms. The average Bonchev–Trinajstić information content (AvgIpc) is 2.67. The Labute approximate surface area is 168 Å². The van der Waals surface area contributed by atoms with E-state index in [2.05, 4.69) is 60.2 Å². The van der Waals surface area contributed by atoms with E-state index in [1.54, 1.807) is 0 Å². The molecule has 1 aliphatic rings. The van der Waals surface area contributed by atoms with E-state index in [1.165, 1.54) is 22.4 Å². The van der Waals surface area contributed by atoms with Crippen LogP contribution in [0.4, 0.5) is 11.4 Å². The molecular formula is C22H29N3OS. The second kappa shape index (κ2) is 8.61. The molecule has 0 unspecified atom stereocenters. The Bertz CT molecular complexity index is 813. The van der Waals surface area contributed by atoms with E-state index in [1.807, 2.05) is 19.1 Å². The van der Waals surface area contributed by atoms with Crippen LogP contribution in [0.25, 0.3) is 0 Å². The lowest BCUT2D eigenvalue weighted by molar-refractivity contribution is 0.336. The molecule has 1 fully saturated rings. The molecule has 27 heavy (non-hydrogen) atoms. The molecule has 1 N–H and O–H groups in total. The molecule has 2 aromatic carbocycles. The third kappa shape index (κ3) is 4.53. The Morgan fingerprint density at radius 3 is 2.37 bits per heavy atom. The minimum atomic E-state index is 0.681. The third-order valence-corrected chi connectivity index (χ3v) is 5.52. The first-order valence-electron chi connectivity index (χ1n) is 9.60. The first kappa shape index (κ1) is 19.5. The van der Waals surface area contributed by atoms with Gasteiger partial charge in [0.05, 0.1) is 12.3 Å². The van der Waals surface area contributed by atoms with E-state index in [9.17, 15) is 0 Å². The Kier molecular flexibility index (Phi) is 6.22. The summed E-state index contributed by atoms with van der Waals surface area (Å²) >= 11 is 5.69. The molecule has 0 aromatic heterocycles. The van der Waals surface area contributed by atoms with Gasteiger partial charge in [0.1, 0.15) is 5.75 Å². The van der Waals surface area contributed by atoms with Gasteiger partial charge in [0.15, 0.2) is 5.11 Å². The van der Waals surface area contributed by atoms with Gasteiger partial charge >= 0.3 is 0 Å². The first-order valence-corrected chi connectivity index (χ1v) is 10.0. The van der Waals surface area contributed by atoms with Gasteiger partial charge in [-0.1, -0.05) is 18.2 Å². The Balaban J connectivity index is 1.62. The molecule has 2 aromatic rings. The van der Waals surface area contributed by atoms with Gasteiger partial charge in [-0.2, -0.15) is 0 Å². The highest BCUT2D eigenvalue weighted by atomic mass is 32.1. The van der Waals surface area contributed by atoms with E-state index in [0.29, 0.717) is 6.61 Å². The van der Waals surface area contributed by atoms with Crippen molar-refractivity contribution < 1.29 is 4.74 Å². The fraction of sp³-hybridized carbons (Fsp3) is 0.409. The summed E-state index contributed by atoms with van der Waals surface area (Å²) in [6.45, 7) is 12.8. The van der Waals surface area contributed by atoms with E-state index in [-0.39, 0.29) is 0 Å². The van der Waals surface area contributed by atoms with Crippen molar-refractivity contribution in [3.63, 3.8) is 0 Å². The molecule has 1 saturated heterocycles. The summed E-state index contributed by atoms with van der Waals surface area (Å²) < 4.78 is 5.78. The zero-order valence-electron chi connectivity index (χ0n) is 16.7. The molecule has 4 nitrogen and oxygen atoms in total. The van der Waals surface area contributed by atoms with E-state index in [4.69, 9.17) is 17.0 Å². The molecule has 1 aliphatic heterocycles. The van der Waals surface area contributed by atoms with Crippen molar-refractivity contribution in [1.82, 2.24) is 4.90 Å². The van der Waals surface area contributed by atoms with Gasteiger partial charge in [0, 0.05) is 31.9 Å². The summed E-state index contributed by atoms with van der Waals surface area (Å²) in [5.74, 6) is 0.958. The van der Waals surface area contributed by atoms with Gasteiger partial charge in [-0.05, 0) is 74.8 Å². The summed E-state index contributed by atoms with van der Waals surface area (Å²) in [4.78, 5) is 4.63. The summed E-state index contributed by atoms with van der Waals surface area (Å²) in [7, 11) is 0. The minimum Gasteiger partial charge on any atom is -0.492 e. The van der Waals surface area contributed by atoms with Gasteiger partial charge in [-0.3, -0.25) is 0 Å². The largest absolute Gasteiger partial charge is 0.492 e. The number of nitrogens with one attached hydrogen (secondary N) is 1. The first-order chi connectivity index (χ1) is 13.0. The SMILES string of the molecule is CCOc1ccccc1N1CCN(C(=S)Nc2cc(C)c(C)cc2C)CC1. The standard InChI is InChI=1S/C22H29N3OS/c1-5-26-21-9-7-6-8-20(21)24-10-12-25(13-11-24)22(27)23-19-15-17(3)16(2)14-18(19)4/h6-9,14-15H,5,10-13H2,1-4H3,(H,23,27). The number of para-hydroxylation sites is 2. The van der Waals surface area contributed by atoms with Gasteiger partial charge < -0.3 is 19.9 Å². The minimum absolute atomic E-state index is 0.681. The molecule has 1 heterocycles. The van der Waals surface area contributed by atoms with Crippen molar-refractivity contribution in [3.8, 4) is 5.75 Å². The Morgan fingerprint density at radius 2 is 1.67 bits per heavy atom. The normalized spacial score (nSPS) is 14.2. The highest BCUT2D eigenvalue weighted by Crippen LogP contribution is 2.29. The lowest BCUT2D eigenvalue weighted by Crippen LogP contribution is -2.50. The lowest BCUT2D eigenvalue weighted by atomic mass is 10.1. The summed E-state index contributed by atoms with van der Waals surface area (Å²) in [6.07, 6.45) is 0. The number of thiocarbonyl (C=S) groups is 1. The Hall–Kier alpha value is -2.27. The maximum absolute atomic E-state index is 5.78. The average molecular weight is 384 g/mol. The van der Waals surface area contributed by atoms with Gasteiger partial charge in [0.2, 0.25) is 0 Å². The van der Waals surface area contributed by atoms with E-state index >= 15 is 0 Å². The lowest BCUT2D eigenvalue weighted by Gasteiger charge is -2.38. The molecule has 3 rings (SSSR count). The fourth-order valence-electron chi connectivity index (χ4n) is 3.44. The van der Waals surface area contributed by atoms with Crippen LogP contribution >= 0.6 is 12.2 Å². The van der Waals surface area contributed by atoms with E-state index in [0.717, 1.165) is 42.7 Å². The van der Waals surface area contributed by atoms with Gasteiger partial charge in [-0.15, -0.1) is 0 Å². The maximum atomic E-state index is 5.78. The third-order valence-electron chi connectivity index (χ3n) is 5.15. The van der Waals surface area contributed by atoms with Crippen molar-refractivity contribution in [1.29, 1.82) is 0 Å². The zero-order valence-corrected chi connectivity index (χ0v) is 17.5. The maximum Gasteiger partial charge on any atom is 0.173 e. The number of anilines is 2. The fourth-order valence-corrected chi connectivity index (χ4v) is 3.73. The summed E-state index contributed by atoms with van der Waals surface area (Å²) in [5.41, 5.74) is 6.09. The van der Waals surface area contributed by atoms with E-state index < -0.39 is 0 Å². The van der Waals surface area contributed by atoms with Crippen LogP contribution in [0.1, 0.15) is 23.6 Å². The van der Waals surface area contributed by atoms with Crippen LogP contribution < -0.4 is 15.0 Å². The van der Waals surface area contributed by atoms with Crippen LogP contribution in [0.5, 0.6) is 5.75 Å². The molecule has 0 bridgehead atoms. The van der Waals surface area contributed by atoms with Crippen LogP contribution in [-0.2, 0) is 0 Å². The number of rotatable bonds is 4. The second-order valence-corrected chi connectivity index (χ2v) is 7.44. The highest BCUT2D eigenvalue weighted by Gasteiger charge is 2.21. The number of hydrogen-bond donors (Lipinski definition) is 1. The molecule has 0 amide bonds. The topological polar surface area (TPSA) is 27.7 Å². The van der Waals surface area contributed by atoms with Gasteiger partial charge in [-0.25, -0.2) is 0 Å². The van der Waals surface area contributed by atoms with Crippen LogP contribution in [0.2, 0.25) is 0 Å². The van der Waals surface area contributed by atoms with Crippen LogP contribution in [0.3, 0.4) is 0 Å². The number of benzene rings is 2. The number of ether oxygens (including phenoxy) is 1. The van der Waals surface area contributed by atoms with Crippen LogP contribution in [0, 0.1) is 20.8 Å². The molecule has 144 valence electrons. The summed E-state index contributed by atoms with van der Waals surface area (Å²) in [6, 6.07) is 12.7. The van der Waals surface area contributed by atoms with Gasteiger partial charge in [0.25, 0.3) is 0 Å². The molecule has 0 saturated carbocycles. The zero-order chi connectivity index (χ0) is 19.4. The van der Waals surface area contributed by atoms with Crippen LogP contribution in [-0.4, -0.2) is 42.8 Å². The predicted octanol–water partition coefficient (Wildman–Crippen LogP) is 4.53. The van der Waals surface area contributed by atoms with Crippen molar-refractivity contribution in [2.24, 2.45) is 0 Å². The number of hydrogen-bond acceptors (Lipinski definition) is 3. The summed E-state index contributed by atoms with van der Waals surface area (Å²) in [5, 5.41) is 4.25. The van der Waals surface area contributed by atoms with Crippen molar-refractivity contribution >= 4 is 28.7 Å². The molecular weight excluding hydrogens is 354 g/mol. The van der Waals surface area contributed by atoms with Crippen molar-refractivity contribution in [3.05, 3.63) is 53.1 Å². The van der Waals surface area contributed by atoms with Crippen molar-refractivity contribution in [2.45, 2.75) is 27.7 Å². The number of piperazine rings is 1. The predicted molar refractivity (Wildman–Crippen MR) is 118 cm³/mol. The smallest absolute Gasteiger partial charge is 0.173 e. The Morgan fingerprint density at radius 1 is 1.00 bits per heavy atom. The highest BCUT2D eigenvalue weighted by molar-refractivity contribution is 7.80. The number of nitrogens with zero attached hydrogens (tertiary/aromatic N) is 2. The molecule has 0 atom stereocenters. The quantitative estimate of drug-likeness (QED) is 0.783. The molecule has 0 spiro atoms. The monoisotopic (exact) mass is 383 g/mol. The molecule has 0 aliphatic carbocycles.